The summed E-state index contributed by atoms with van der Waals surface area (Å²) in [4.78, 5) is 32.9. The van der Waals surface area contributed by atoms with Crippen molar-refractivity contribution in [2.45, 2.75) is 6.92 Å². The zero-order valence-electron chi connectivity index (χ0n) is 17.2. The van der Waals surface area contributed by atoms with Crippen molar-refractivity contribution in [1.29, 1.82) is 0 Å². The molecule has 1 fully saturated rings. The average Bonchev–Trinajstić information content (AvgIpc) is 3.23. The van der Waals surface area contributed by atoms with Crippen LogP contribution in [0.4, 0.5) is 10.8 Å². The van der Waals surface area contributed by atoms with E-state index in [1.807, 2.05) is 53.9 Å². The Labute approximate surface area is 194 Å². The number of hydrogen-bond acceptors (Lipinski definition) is 6. The molecule has 1 aliphatic rings. The van der Waals surface area contributed by atoms with Crippen molar-refractivity contribution in [1.82, 2.24) is 9.88 Å². The maximum absolute atomic E-state index is 12.5. The number of thiazole rings is 1. The molecule has 4 rings (SSSR count). The molecule has 31 heavy (non-hydrogen) atoms. The van der Waals surface area contributed by atoms with Gasteiger partial charge in [0.05, 0.1) is 12.2 Å². The first-order chi connectivity index (χ1) is 15.0. The lowest BCUT2D eigenvalue weighted by atomic mass is 10.1. The number of anilines is 2. The second kappa shape index (κ2) is 9.72. The summed E-state index contributed by atoms with van der Waals surface area (Å²) in [6.45, 7) is 5.24. The molecule has 0 unspecified atom stereocenters. The molecule has 1 aromatic heterocycles. The first-order valence-electron chi connectivity index (χ1n) is 10.1. The molecule has 0 saturated carbocycles. The van der Waals surface area contributed by atoms with Crippen molar-refractivity contribution in [2.24, 2.45) is 0 Å². The number of Topliss-reactive ketones (excluding diaryl/α,β-unsaturated/α-hetero) is 1. The first kappa shape index (κ1) is 21.7. The zero-order valence-corrected chi connectivity index (χ0v) is 19.6. The lowest BCUT2D eigenvalue weighted by Crippen LogP contribution is -2.48. The fraction of sp³-hybridized carbons (Fsp3) is 0.261. The van der Waals surface area contributed by atoms with Gasteiger partial charge >= 0.3 is 0 Å². The molecule has 2 aromatic carbocycles. The molecule has 1 amide bonds. The van der Waals surface area contributed by atoms with Gasteiger partial charge < -0.3 is 10.2 Å². The van der Waals surface area contributed by atoms with Crippen molar-refractivity contribution in [3.63, 3.8) is 0 Å². The lowest BCUT2D eigenvalue weighted by molar-refractivity contribution is -0.117. The third kappa shape index (κ3) is 5.58. The maximum atomic E-state index is 12.5. The van der Waals surface area contributed by atoms with E-state index in [0.717, 1.165) is 53.2 Å². The predicted molar refractivity (Wildman–Crippen MR) is 129 cm³/mol. The normalized spacial score (nSPS) is 14.5. The number of ketones is 1. The fourth-order valence-corrected chi connectivity index (χ4v) is 4.52. The number of hydrogen-bond donors (Lipinski definition) is 1. The van der Waals surface area contributed by atoms with E-state index in [1.165, 1.54) is 11.3 Å². The minimum atomic E-state index is -0.0454. The molecular formula is C23H23BrN4O2S. The van der Waals surface area contributed by atoms with Crippen LogP contribution in [0, 0.1) is 0 Å². The number of nitrogens with one attached hydrogen (secondary N) is 1. The van der Waals surface area contributed by atoms with Crippen LogP contribution in [0.25, 0.3) is 11.3 Å². The Balaban J connectivity index is 1.26. The molecule has 160 valence electrons. The van der Waals surface area contributed by atoms with Gasteiger partial charge in [0.15, 0.2) is 10.9 Å². The molecule has 3 aromatic rings. The van der Waals surface area contributed by atoms with E-state index in [9.17, 15) is 9.59 Å². The standard InChI is InChI=1S/C23H23BrN4O2S/c1-16(29)17-4-8-20(9-5-17)28-12-10-27(11-13-28)14-22(30)26-23-25-21(15-31-23)18-2-6-19(24)7-3-18/h2-9,15H,10-14H2,1H3,(H,25,26,30). The van der Waals surface area contributed by atoms with Gasteiger partial charge in [-0.15, -0.1) is 11.3 Å². The predicted octanol–water partition coefficient (Wildman–Crippen LogP) is 4.54. The summed E-state index contributed by atoms with van der Waals surface area (Å²) in [5, 5.41) is 5.49. The van der Waals surface area contributed by atoms with Crippen molar-refractivity contribution in [3.8, 4) is 11.3 Å². The topological polar surface area (TPSA) is 65.5 Å². The Bertz CT molecular complexity index is 1060. The van der Waals surface area contributed by atoms with Gasteiger partial charge in [-0.2, -0.15) is 0 Å². The summed E-state index contributed by atoms with van der Waals surface area (Å²) in [6.07, 6.45) is 0. The molecule has 1 N–H and O–H groups in total. The Morgan fingerprint density at radius 2 is 1.71 bits per heavy atom. The minimum Gasteiger partial charge on any atom is -0.369 e. The molecule has 0 spiro atoms. The van der Waals surface area contributed by atoms with Crippen molar-refractivity contribution in [2.75, 3.05) is 42.9 Å². The van der Waals surface area contributed by atoms with Gasteiger partial charge in [-0.1, -0.05) is 28.1 Å². The number of piperazine rings is 1. The van der Waals surface area contributed by atoms with Gasteiger partial charge in [0, 0.05) is 52.8 Å². The van der Waals surface area contributed by atoms with Crippen LogP contribution in [0.5, 0.6) is 0 Å². The number of carbonyl (C=O) groups is 2. The highest BCUT2D eigenvalue weighted by Gasteiger charge is 2.20. The third-order valence-corrected chi connectivity index (χ3v) is 6.56. The van der Waals surface area contributed by atoms with E-state index in [2.05, 4.69) is 36.0 Å². The number of amides is 1. The van der Waals surface area contributed by atoms with E-state index >= 15 is 0 Å². The van der Waals surface area contributed by atoms with Crippen molar-refractivity contribution in [3.05, 3.63) is 63.9 Å². The number of halogens is 1. The number of aromatic nitrogens is 1. The summed E-state index contributed by atoms with van der Waals surface area (Å²) in [5.74, 6) is 0.0301. The van der Waals surface area contributed by atoms with Gasteiger partial charge in [-0.25, -0.2) is 4.98 Å². The van der Waals surface area contributed by atoms with Crippen LogP contribution < -0.4 is 10.2 Å². The molecule has 2 heterocycles. The number of benzene rings is 2. The maximum Gasteiger partial charge on any atom is 0.240 e. The van der Waals surface area contributed by atoms with E-state index in [4.69, 9.17) is 0 Å². The summed E-state index contributed by atoms with van der Waals surface area (Å²) in [5.41, 5.74) is 3.71. The third-order valence-electron chi connectivity index (χ3n) is 5.27. The lowest BCUT2D eigenvalue weighted by Gasteiger charge is -2.35. The molecule has 1 saturated heterocycles. The van der Waals surface area contributed by atoms with E-state index in [-0.39, 0.29) is 11.7 Å². The zero-order chi connectivity index (χ0) is 21.8. The second-order valence-corrected chi connectivity index (χ2v) is 9.23. The van der Waals surface area contributed by atoms with Gasteiger partial charge in [0.1, 0.15) is 0 Å². The van der Waals surface area contributed by atoms with Crippen molar-refractivity contribution >= 4 is 49.8 Å². The van der Waals surface area contributed by atoms with Gasteiger partial charge in [-0.3, -0.25) is 14.5 Å². The second-order valence-electron chi connectivity index (χ2n) is 7.46. The van der Waals surface area contributed by atoms with Gasteiger partial charge in [0.25, 0.3) is 0 Å². The van der Waals surface area contributed by atoms with Crippen LogP contribution in [0.15, 0.2) is 58.4 Å². The molecule has 8 heteroatoms. The van der Waals surface area contributed by atoms with Gasteiger partial charge in [0.2, 0.25) is 5.91 Å². The van der Waals surface area contributed by atoms with Crippen LogP contribution in [0.1, 0.15) is 17.3 Å². The van der Waals surface area contributed by atoms with Gasteiger partial charge in [-0.05, 0) is 43.3 Å². The minimum absolute atomic E-state index is 0.0454. The highest BCUT2D eigenvalue weighted by Crippen LogP contribution is 2.26. The number of nitrogens with zero attached hydrogens (tertiary/aromatic N) is 3. The molecular weight excluding hydrogens is 476 g/mol. The Morgan fingerprint density at radius 1 is 1.03 bits per heavy atom. The Morgan fingerprint density at radius 3 is 2.35 bits per heavy atom. The highest BCUT2D eigenvalue weighted by atomic mass is 79.9. The highest BCUT2D eigenvalue weighted by molar-refractivity contribution is 9.10. The van der Waals surface area contributed by atoms with Crippen LogP contribution in [-0.4, -0.2) is 54.3 Å². The van der Waals surface area contributed by atoms with Crippen LogP contribution >= 0.6 is 27.3 Å². The molecule has 0 radical (unpaired) electrons. The van der Waals surface area contributed by atoms with E-state index in [0.29, 0.717) is 11.7 Å². The summed E-state index contributed by atoms with van der Waals surface area (Å²) in [6, 6.07) is 15.7. The smallest absolute Gasteiger partial charge is 0.240 e. The fourth-order valence-electron chi connectivity index (χ4n) is 3.52. The quantitative estimate of drug-likeness (QED) is 0.505. The monoisotopic (exact) mass is 498 g/mol. The van der Waals surface area contributed by atoms with Crippen LogP contribution in [0.2, 0.25) is 0 Å². The largest absolute Gasteiger partial charge is 0.369 e. The molecule has 0 aliphatic carbocycles. The SMILES string of the molecule is CC(=O)c1ccc(N2CCN(CC(=O)Nc3nc(-c4ccc(Br)cc4)cs3)CC2)cc1. The molecule has 1 aliphatic heterocycles. The summed E-state index contributed by atoms with van der Waals surface area (Å²) >= 11 is 4.87. The Hall–Kier alpha value is -2.55. The van der Waals surface area contributed by atoms with E-state index in [1.54, 1.807) is 6.92 Å². The average molecular weight is 499 g/mol. The van der Waals surface area contributed by atoms with Crippen LogP contribution in [0.3, 0.4) is 0 Å². The molecule has 0 bridgehead atoms. The first-order valence-corrected chi connectivity index (χ1v) is 11.7. The Kier molecular flexibility index (Phi) is 6.80. The molecule has 0 atom stereocenters. The summed E-state index contributed by atoms with van der Waals surface area (Å²) in [7, 11) is 0. The number of carbonyl (C=O) groups excluding carboxylic acids is 2. The van der Waals surface area contributed by atoms with E-state index < -0.39 is 0 Å². The van der Waals surface area contributed by atoms with Crippen molar-refractivity contribution < 1.29 is 9.59 Å². The summed E-state index contributed by atoms with van der Waals surface area (Å²) < 4.78 is 1.02. The van der Waals surface area contributed by atoms with Crippen LogP contribution in [-0.2, 0) is 4.79 Å². The number of rotatable bonds is 6. The molecule has 6 nitrogen and oxygen atoms in total.